The van der Waals surface area contributed by atoms with Gasteiger partial charge in [0.2, 0.25) is 5.91 Å². The van der Waals surface area contributed by atoms with Crippen molar-refractivity contribution in [3.8, 4) is 15.6 Å². The first-order valence-corrected chi connectivity index (χ1v) is 10.3. The lowest BCUT2D eigenvalue weighted by Crippen LogP contribution is -2.16. The number of anilines is 1. The lowest BCUT2D eigenvalue weighted by molar-refractivity contribution is -0.115. The van der Waals surface area contributed by atoms with Crippen molar-refractivity contribution in [2.24, 2.45) is 0 Å². The molecule has 4 rings (SSSR count). The first-order chi connectivity index (χ1) is 13.8. The quantitative estimate of drug-likeness (QED) is 0.490. The highest BCUT2D eigenvalue weighted by atomic mass is 32.1. The van der Waals surface area contributed by atoms with Gasteiger partial charge in [-0.05, 0) is 41.3 Å². The number of aromatic nitrogens is 3. The molecule has 6 nitrogen and oxygen atoms in total. The Morgan fingerprint density at radius 2 is 1.96 bits per heavy atom. The molecule has 0 radical (unpaired) electrons. The Morgan fingerprint density at radius 3 is 2.79 bits per heavy atom. The number of carbonyl (C=O) groups excluding carboxylic acids is 1. The van der Waals surface area contributed by atoms with Gasteiger partial charge in [-0.2, -0.15) is 0 Å². The van der Waals surface area contributed by atoms with Gasteiger partial charge in [-0.25, -0.2) is 9.97 Å². The average molecular weight is 409 g/mol. The highest BCUT2D eigenvalue weighted by Crippen LogP contribution is 2.28. The van der Waals surface area contributed by atoms with Crippen LogP contribution in [0.4, 0.5) is 5.82 Å². The van der Waals surface area contributed by atoms with Crippen molar-refractivity contribution in [3.05, 3.63) is 77.0 Å². The smallest absolute Gasteiger partial charge is 0.231 e. The zero-order chi connectivity index (χ0) is 19.2. The van der Waals surface area contributed by atoms with Crippen LogP contribution < -0.4 is 10.1 Å². The van der Waals surface area contributed by atoms with Crippen LogP contribution in [0.3, 0.4) is 0 Å². The number of thiazole rings is 1. The molecule has 1 amide bonds. The molecule has 0 saturated heterocycles. The van der Waals surface area contributed by atoms with Gasteiger partial charge in [-0.1, -0.05) is 6.07 Å². The standard InChI is InChI=1S/C20H16N4O2S2/c25-18(11-15-13-28-20(23-15)17-4-2-10-27-17)24-19-16(3-1-7-22-19)26-12-14-5-8-21-9-6-14/h1-10,13H,11-12H2,(H,22,24,25). The van der Waals surface area contributed by atoms with Crippen LogP contribution in [0.5, 0.6) is 5.75 Å². The lowest BCUT2D eigenvalue weighted by atomic mass is 10.3. The van der Waals surface area contributed by atoms with Crippen LogP contribution in [0.25, 0.3) is 9.88 Å². The molecule has 4 heterocycles. The summed E-state index contributed by atoms with van der Waals surface area (Å²) in [6.45, 7) is 0.368. The molecule has 0 saturated carbocycles. The van der Waals surface area contributed by atoms with Gasteiger partial charge in [0.25, 0.3) is 0 Å². The molecule has 0 aliphatic carbocycles. The molecule has 0 aliphatic heterocycles. The lowest BCUT2D eigenvalue weighted by Gasteiger charge is -2.11. The Bertz CT molecular complexity index is 1050. The first kappa shape index (κ1) is 18.3. The Hall–Kier alpha value is -3.10. The van der Waals surface area contributed by atoms with E-state index in [1.807, 2.05) is 35.0 Å². The van der Waals surface area contributed by atoms with Gasteiger partial charge in [-0.15, -0.1) is 22.7 Å². The molecule has 0 fully saturated rings. The second-order valence-corrected chi connectivity index (χ2v) is 7.65. The Kier molecular flexibility index (Phi) is 5.69. The first-order valence-electron chi connectivity index (χ1n) is 8.53. The summed E-state index contributed by atoms with van der Waals surface area (Å²) >= 11 is 3.17. The molecule has 0 aromatic carbocycles. The summed E-state index contributed by atoms with van der Waals surface area (Å²) < 4.78 is 5.81. The predicted molar refractivity (Wildman–Crippen MR) is 111 cm³/mol. The van der Waals surface area contributed by atoms with Crippen LogP contribution in [0.2, 0.25) is 0 Å². The van der Waals surface area contributed by atoms with E-state index in [1.165, 1.54) is 11.3 Å². The zero-order valence-electron chi connectivity index (χ0n) is 14.7. The van der Waals surface area contributed by atoms with E-state index in [9.17, 15) is 4.79 Å². The van der Waals surface area contributed by atoms with Crippen LogP contribution in [-0.4, -0.2) is 20.9 Å². The number of rotatable bonds is 7. The fraction of sp³-hybridized carbons (Fsp3) is 0.100. The van der Waals surface area contributed by atoms with E-state index in [0.29, 0.717) is 18.2 Å². The fourth-order valence-corrected chi connectivity index (χ4v) is 4.12. The highest BCUT2D eigenvalue weighted by Gasteiger charge is 2.13. The maximum Gasteiger partial charge on any atom is 0.231 e. The number of nitrogens with zero attached hydrogens (tertiary/aromatic N) is 3. The second-order valence-electron chi connectivity index (χ2n) is 5.84. The van der Waals surface area contributed by atoms with E-state index >= 15 is 0 Å². The number of nitrogens with one attached hydrogen (secondary N) is 1. The Morgan fingerprint density at radius 1 is 1.07 bits per heavy atom. The number of hydrogen-bond acceptors (Lipinski definition) is 7. The predicted octanol–water partition coefficient (Wildman–Crippen LogP) is 4.42. The van der Waals surface area contributed by atoms with Crippen molar-refractivity contribution in [2.75, 3.05) is 5.32 Å². The molecule has 0 unspecified atom stereocenters. The van der Waals surface area contributed by atoms with Crippen molar-refractivity contribution in [1.29, 1.82) is 0 Å². The van der Waals surface area contributed by atoms with Gasteiger partial charge in [-0.3, -0.25) is 9.78 Å². The van der Waals surface area contributed by atoms with Crippen LogP contribution in [0, 0.1) is 0 Å². The average Bonchev–Trinajstić information content (AvgIpc) is 3.40. The van der Waals surface area contributed by atoms with E-state index in [1.54, 1.807) is 42.1 Å². The molecule has 0 atom stereocenters. The van der Waals surface area contributed by atoms with Gasteiger partial charge in [0, 0.05) is 24.0 Å². The van der Waals surface area contributed by atoms with Crippen LogP contribution >= 0.6 is 22.7 Å². The van der Waals surface area contributed by atoms with E-state index in [4.69, 9.17) is 4.74 Å². The molecule has 8 heteroatoms. The van der Waals surface area contributed by atoms with Gasteiger partial charge >= 0.3 is 0 Å². The highest BCUT2D eigenvalue weighted by molar-refractivity contribution is 7.20. The minimum absolute atomic E-state index is 0.183. The second kappa shape index (κ2) is 8.73. The van der Waals surface area contributed by atoms with E-state index in [2.05, 4.69) is 20.3 Å². The summed E-state index contributed by atoms with van der Waals surface area (Å²) in [7, 11) is 0. The monoisotopic (exact) mass is 408 g/mol. The molecular formula is C20H16N4O2S2. The zero-order valence-corrected chi connectivity index (χ0v) is 16.4. The Balaban J connectivity index is 1.39. The molecule has 28 heavy (non-hydrogen) atoms. The molecule has 0 spiro atoms. The van der Waals surface area contributed by atoms with E-state index < -0.39 is 0 Å². The van der Waals surface area contributed by atoms with Gasteiger partial charge in [0.1, 0.15) is 11.6 Å². The molecule has 140 valence electrons. The summed E-state index contributed by atoms with van der Waals surface area (Å²) in [5.41, 5.74) is 1.72. The van der Waals surface area contributed by atoms with Crippen molar-refractivity contribution in [3.63, 3.8) is 0 Å². The van der Waals surface area contributed by atoms with E-state index in [-0.39, 0.29) is 12.3 Å². The minimum atomic E-state index is -0.185. The molecule has 1 N–H and O–H groups in total. The molecule has 4 aromatic rings. The molecule has 4 aromatic heterocycles. The number of hydrogen-bond donors (Lipinski definition) is 1. The number of thiophene rings is 1. The topological polar surface area (TPSA) is 77.0 Å². The van der Waals surface area contributed by atoms with E-state index in [0.717, 1.165) is 21.1 Å². The van der Waals surface area contributed by atoms with Crippen molar-refractivity contribution >= 4 is 34.4 Å². The maximum absolute atomic E-state index is 12.5. The number of pyridine rings is 2. The fourth-order valence-electron chi connectivity index (χ4n) is 2.48. The maximum atomic E-state index is 12.5. The summed E-state index contributed by atoms with van der Waals surface area (Å²) in [5.74, 6) is 0.732. The van der Waals surface area contributed by atoms with Crippen molar-refractivity contribution < 1.29 is 9.53 Å². The minimum Gasteiger partial charge on any atom is -0.485 e. The summed E-state index contributed by atoms with van der Waals surface area (Å²) in [5, 5.41) is 7.67. The molecule has 0 bridgehead atoms. The third-order valence-electron chi connectivity index (χ3n) is 3.80. The van der Waals surface area contributed by atoms with Crippen LogP contribution in [0.1, 0.15) is 11.3 Å². The van der Waals surface area contributed by atoms with Crippen molar-refractivity contribution in [1.82, 2.24) is 15.0 Å². The molecular weight excluding hydrogens is 392 g/mol. The Labute approximate surface area is 169 Å². The normalized spacial score (nSPS) is 10.6. The SMILES string of the molecule is O=C(Cc1csc(-c2cccs2)n1)Nc1ncccc1OCc1ccncc1. The van der Waals surface area contributed by atoms with Crippen LogP contribution in [-0.2, 0) is 17.8 Å². The molecule has 0 aliphatic rings. The number of carbonyl (C=O) groups is 1. The van der Waals surface area contributed by atoms with Gasteiger partial charge < -0.3 is 10.1 Å². The summed E-state index contributed by atoms with van der Waals surface area (Å²) in [6, 6.07) is 11.3. The van der Waals surface area contributed by atoms with Crippen molar-refractivity contribution in [2.45, 2.75) is 13.0 Å². The third kappa shape index (κ3) is 4.59. The van der Waals surface area contributed by atoms with Gasteiger partial charge in [0.15, 0.2) is 11.6 Å². The summed E-state index contributed by atoms with van der Waals surface area (Å²) in [6.07, 6.45) is 5.22. The largest absolute Gasteiger partial charge is 0.485 e. The van der Waals surface area contributed by atoms with Gasteiger partial charge in [0.05, 0.1) is 17.0 Å². The van der Waals surface area contributed by atoms with Crippen LogP contribution in [0.15, 0.2) is 65.7 Å². The number of amides is 1. The summed E-state index contributed by atoms with van der Waals surface area (Å²) in [4.78, 5) is 26.3. The number of ether oxygens (including phenoxy) is 1. The third-order valence-corrected chi connectivity index (χ3v) is 5.73.